The van der Waals surface area contributed by atoms with E-state index in [1.165, 1.54) is 18.2 Å². The second-order valence-electron chi connectivity index (χ2n) is 5.60. The first-order valence-corrected chi connectivity index (χ1v) is 9.95. The average Bonchev–Trinajstić information content (AvgIpc) is 2.90. The van der Waals surface area contributed by atoms with Crippen LogP contribution in [0.2, 0.25) is 0 Å². The average molecular weight is 402 g/mol. The van der Waals surface area contributed by atoms with Crippen molar-refractivity contribution in [3.63, 3.8) is 0 Å². The van der Waals surface area contributed by atoms with E-state index in [0.717, 1.165) is 33.2 Å². The molecule has 27 heavy (non-hydrogen) atoms. The first kappa shape index (κ1) is 19.2. The van der Waals surface area contributed by atoms with Gasteiger partial charge in [0.15, 0.2) is 0 Å². The number of anilines is 1. The van der Waals surface area contributed by atoms with Gasteiger partial charge in [-0.1, -0.05) is 18.2 Å². The van der Waals surface area contributed by atoms with Gasteiger partial charge < -0.3 is 5.32 Å². The molecule has 0 bridgehead atoms. The number of imide groups is 1. The number of rotatable bonds is 5. The number of halogens is 1. The van der Waals surface area contributed by atoms with Crippen LogP contribution in [0.4, 0.5) is 14.9 Å². The Morgan fingerprint density at radius 3 is 2.63 bits per heavy atom. The van der Waals surface area contributed by atoms with Gasteiger partial charge >= 0.3 is 0 Å². The van der Waals surface area contributed by atoms with E-state index < -0.39 is 29.4 Å². The largest absolute Gasteiger partial charge is 0.324 e. The van der Waals surface area contributed by atoms with Gasteiger partial charge in [-0.3, -0.25) is 19.3 Å². The highest BCUT2D eigenvalue weighted by Gasteiger charge is 2.36. The van der Waals surface area contributed by atoms with Crippen LogP contribution in [0, 0.1) is 5.82 Å². The molecule has 3 amide bonds. The molecule has 0 unspecified atom stereocenters. The lowest BCUT2D eigenvalue weighted by Gasteiger charge is -2.12. The van der Waals surface area contributed by atoms with Crippen LogP contribution in [-0.4, -0.2) is 34.8 Å². The number of amides is 3. The minimum Gasteiger partial charge on any atom is -0.324 e. The molecule has 138 valence electrons. The van der Waals surface area contributed by atoms with Crippen molar-refractivity contribution in [2.24, 2.45) is 0 Å². The van der Waals surface area contributed by atoms with Crippen LogP contribution in [0.1, 0.15) is 5.56 Å². The highest BCUT2D eigenvalue weighted by molar-refractivity contribution is 8.18. The molecule has 0 aliphatic carbocycles. The van der Waals surface area contributed by atoms with Crippen LogP contribution in [0.15, 0.2) is 58.3 Å². The molecule has 0 aromatic heterocycles. The van der Waals surface area contributed by atoms with Crippen LogP contribution in [0.25, 0.3) is 6.08 Å². The molecule has 8 heteroatoms. The normalized spacial score (nSPS) is 15.5. The zero-order valence-corrected chi connectivity index (χ0v) is 15.9. The number of hydrogen-bond acceptors (Lipinski definition) is 5. The molecule has 1 aliphatic heterocycles. The molecule has 1 saturated heterocycles. The predicted octanol–water partition coefficient (Wildman–Crippen LogP) is 4.22. The Morgan fingerprint density at radius 1 is 1.22 bits per heavy atom. The van der Waals surface area contributed by atoms with E-state index in [1.807, 2.05) is 30.5 Å². The summed E-state index contributed by atoms with van der Waals surface area (Å²) in [5.41, 5.74) is 1.05. The van der Waals surface area contributed by atoms with E-state index in [1.54, 1.807) is 17.8 Å². The fourth-order valence-corrected chi connectivity index (χ4v) is 3.64. The van der Waals surface area contributed by atoms with Crippen molar-refractivity contribution in [1.29, 1.82) is 0 Å². The lowest BCUT2D eigenvalue weighted by atomic mass is 10.2. The molecule has 3 rings (SSSR count). The van der Waals surface area contributed by atoms with E-state index in [2.05, 4.69) is 5.32 Å². The van der Waals surface area contributed by atoms with Crippen LogP contribution < -0.4 is 5.32 Å². The maximum absolute atomic E-state index is 13.2. The smallest absolute Gasteiger partial charge is 0.294 e. The number of benzene rings is 2. The number of carbonyl (C=O) groups excluding carboxylic acids is 3. The SMILES string of the molecule is CSc1ccc(/C=C2/SC(=O)N(CC(=O)Nc3cccc(F)c3)C2=O)cc1. The molecule has 1 heterocycles. The van der Waals surface area contributed by atoms with Crippen molar-refractivity contribution >= 4 is 52.3 Å². The summed E-state index contributed by atoms with van der Waals surface area (Å²) in [6.45, 7) is -0.427. The molecule has 1 N–H and O–H groups in total. The summed E-state index contributed by atoms with van der Waals surface area (Å²) in [7, 11) is 0. The van der Waals surface area contributed by atoms with Crippen molar-refractivity contribution < 1.29 is 18.8 Å². The summed E-state index contributed by atoms with van der Waals surface area (Å²) in [6, 6.07) is 12.9. The van der Waals surface area contributed by atoms with Crippen molar-refractivity contribution in [3.05, 3.63) is 64.8 Å². The van der Waals surface area contributed by atoms with E-state index in [9.17, 15) is 18.8 Å². The molecule has 2 aromatic rings. The molecule has 0 saturated carbocycles. The zero-order chi connectivity index (χ0) is 19.4. The molecular weight excluding hydrogens is 387 g/mol. The topological polar surface area (TPSA) is 66.5 Å². The first-order valence-electron chi connectivity index (χ1n) is 7.91. The van der Waals surface area contributed by atoms with Gasteiger partial charge in [-0.15, -0.1) is 11.8 Å². The third kappa shape index (κ3) is 4.78. The Hall–Kier alpha value is -2.58. The van der Waals surface area contributed by atoms with Crippen LogP contribution in [0.3, 0.4) is 0 Å². The lowest BCUT2D eigenvalue weighted by molar-refractivity contribution is -0.127. The third-order valence-electron chi connectivity index (χ3n) is 3.70. The molecule has 0 atom stereocenters. The lowest BCUT2D eigenvalue weighted by Crippen LogP contribution is -2.36. The standard InChI is InChI=1S/C19H15FN2O3S2/c1-26-15-7-5-12(6-8-15)9-16-18(24)22(19(25)27-16)11-17(23)21-14-4-2-3-13(20)10-14/h2-10H,11H2,1H3,(H,21,23)/b16-9+. The number of thioether (sulfide) groups is 2. The van der Waals surface area contributed by atoms with Gasteiger partial charge in [0.2, 0.25) is 5.91 Å². The fourth-order valence-electron chi connectivity index (χ4n) is 2.40. The summed E-state index contributed by atoms with van der Waals surface area (Å²) in [6.07, 6.45) is 3.59. The van der Waals surface area contributed by atoms with E-state index in [0.29, 0.717) is 0 Å². The summed E-state index contributed by atoms with van der Waals surface area (Å²) in [5, 5.41) is 1.96. The molecule has 5 nitrogen and oxygen atoms in total. The highest BCUT2D eigenvalue weighted by atomic mass is 32.2. The van der Waals surface area contributed by atoms with Gasteiger partial charge in [-0.25, -0.2) is 4.39 Å². The summed E-state index contributed by atoms with van der Waals surface area (Å²) >= 11 is 2.40. The number of hydrogen-bond donors (Lipinski definition) is 1. The van der Waals surface area contributed by atoms with Gasteiger partial charge in [-0.05, 0) is 60.0 Å². The molecular formula is C19H15FN2O3S2. The van der Waals surface area contributed by atoms with Crippen LogP contribution >= 0.6 is 23.5 Å². The third-order valence-corrected chi connectivity index (χ3v) is 5.35. The molecule has 0 spiro atoms. The van der Waals surface area contributed by atoms with Crippen molar-refractivity contribution in [2.45, 2.75) is 4.90 Å². The predicted molar refractivity (Wildman–Crippen MR) is 106 cm³/mol. The van der Waals surface area contributed by atoms with Gasteiger partial charge in [0.05, 0.1) is 4.91 Å². The van der Waals surface area contributed by atoms with Gasteiger partial charge in [-0.2, -0.15) is 0 Å². The quantitative estimate of drug-likeness (QED) is 0.599. The summed E-state index contributed by atoms with van der Waals surface area (Å²) in [4.78, 5) is 38.9. The number of nitrogens with zero attached hydrogens (tertiary/aromatic N) is 1. The number of carbonyl (C=O) groups is 3. The molecule has 2 aromatic carbocycles. The molecule has 1 fully saturated rings. The summed E-state index contributed by atoms with van der Waals surface area (Å²) in [5.74, 6) is -1.59. The Balaban J connectivity index is 1.68. The second kappa shape index (κ2) is 8.41. The van der Waals surface area contributed by atoms with Crippen molar-refractivity contribution in [2.75, 3.05) is 18.1 Å². The van der Waals surface area contributed by atoms with Crippen LogP contribution in [0.5, 0.6) is 0 Å². The van der Waals surface area contributed by atoms with Crippen LogP contribution in [-0.2, 0) is 9.59 Å². The van der Waals surface area contributed by atoms with E-state index in [4.69, 9.17) is 0 Å². The fraction of sp³-hybridized carbons (Fsp3) is 0.105. The minimum atomic E-state index is -0.575. The molecule has 1 aliphatic rings. The first-order chi connectivity index (χ1) is 13.0. The highest BCUT2D eigenvalue weighted by Crippen LogP contribution is 2.32. The van der Waals surface area contributed by atoms with Gasteiger partial charge in [0, 0.05) is 10.6 Å². The Morgan fingerprint density at radius 2 is 1.96 bits per heavy atom. The monoisotopic (exact) mass is 402 g/mol. The number of nitrogens with one attached hydrogen (secondary N) is 1. The summed E-state index contributed by atoms with van der Waals surface area (Å²) < 4.78 is 13.2. The van der Waals surface area contributed by atoms with Crippen molar-refractivity contribution in [1.82, 2.24) is 4.90 Å². The van der Waals surface area contributed by atoms with Gasteiger partial charge in [0.25, 0.3) is 11.1 Å². The second-order valence-corrected chi connectivity index (χ2v) is 7.47. The maximum Gasteiger partial charge on any atom is 0.294 e. The molecule has 0 radical (unpaired) electrons. The van der Waals surface area contributed by atoms with Crippen molar-refractivity contribution in [3.8, 4) is 0 Å². The Labute approximate surface area is 164 Å². The van der Waals surface area contributed by atoms with E-state index in [-0.39, 0.29) is 10.6 Å². The Bertz CT molecular complexity index is 929. The zero-order valence-electron chi connectivity index (χ0n) is 14.3. The Kier molecular flexibility index (Phi) is 5.98. The maximum atomic E-state index is 13.2. The van der Waals surface area contributed by atoms with E-state index >= 15 is 0 Å². The minimum absolute atomic E-state index is 0.260. The van der Waals surface area contributed by atoms with Gasteiger partial charge in [0.1, 0.15) is 12.4 Å².